The predicted octanol–water partition coefficient (Wildman–Crippen LogP) is 5.35. The van der Waals surface area contributed by atoms with Crippen molar-refractivity contribution in [2.75, 3.05) is 22.7 Å². The zero-order chi connectivity index (χ0) is 27.7. The molecule has 0 atom stereocenters. The molecule has 4 rings (SSSR count). The summed E-state index contributed by atoms with van der Waals surface area (Å²) in [7, 11) is -4.28. The molecule has 1 fully saturated rings. The topological polar surface area (TPSA) is 112 Å². The average Bonchev–Trinajstić information content (AvgIpc) is 2.83. The molecule has 202 valence electrons. The van der Waals surface area contributed by atoms with E-state index in [0.717, 1.165) is 12.1 Å². The number of carboxylic acid groups (broad SMARTS) is 1. The van der Waals surface area contributed by atoms with E-state index in [1.165, 1.54) is 18.2 Å². The van der Waals surface area contributed by atoms with Crippen molar-refractivity contribution in [3.63, 3.8) is 0 Å². The van der Waals surface area contributed by atoms with Crippen molar-refractivity contribution in [1.29, 1.82) is 0 Å². The Hall–Kier alpha value is -3.67. The Bertz CT molecular complexity index is 1450. The molecule has 0 aliphatic carbocycles. The molecule has 3 aromatic rings. The number of benzene rings is 1. The van der Waals surface area contributed by atoms with Crippen LogP contribution in [0.2, 0.25) is 0 Å². The Morgan fingerprint density at radius 1 is 1.05 bits per heavy atom. The second kappa shape index (κ2) is 10.2. The molecule has 0 radical (unpaired) electrons. The van der Waals surface area contributed by atoms with Crippen LogP contribution in [0.15, 0.2) is 59.6 Å². The highest BCUT2D eigenvalue weighted by Gasteiger charge is 2.36. The number of rotatable bonds is 7. The number of aryl methyl sites for hydroxylation is 1. The first-order chi connectivity index (χ1) is 17.8. The van der Waals surface area contributed by atoms with E-state index >= 15 is 0 Å². The van der Waals surface area contributed by atoms with Crippen molar-refractivity contribution in [2.45, 2.75) is 44.3 Å². The molecule has 0 saturated carbocycles. The molecule has 1 aliphatic rings. The maximum absolute atomic E-state index is 13.7. The molecule has 0 amide bonds. The van der Waals surface area contributed by atoms with Crippen LogP contribution < -0.4 is 9.62 Å². The highest BCUT2D eigenvalue weighted by Crippen LogP contribution is 2.38. The lowest BCUT2D eigenvalue weighted by Crippen LogP contribution is -2.40. The van der Waals surface area contributed by atoms with Gasteiger partial charge in [-0.25, -0.2) is 9.97 Å². The Labute approximate surface area is 218 Å². The Balaban J connectivity index is 1.60. The van der Waals surface area contributed by atoms with E-state index in [9.17, 15) is 26.4 Å². The van der Waals surface area contributed by atoms with Gasteiger partial charge in [-0.3, -0.25) is 9.52 Å². The van der Waals surface area contributed by atoms with Crippen LogP contribution in [0.1, 0.15) is 37.3 Å². The van der Waals surface area contributed by atoms with Gasteiger partial charge in [-0.2, -0.15) is 21.6 Å². The Morgan fingerprint density at radius 2 is 1.74 bits per heavy atom. The van der Waals surface area contributed by atoms with Crippen LogP contribution in [0, 0.1) is 12.3 Å². The molecular weight excluding hydrogens is 521 g/mol. The average molecular weight is 549 g/mol. The molecular formula is C26H27F3N4O4S. The van der Waals surface area contributed by atoms with Gasteiger partial charge in [0.2, 0.25) is 0 Å². The fourth-order valence-corrected chi connectivity index (χ4v) is 5.49. The minimum Gasteiger partial charge on any atom is -0.481 e. The SMILES string of the molecule is Cc1ccccc1-c1nc(NS(=O)(=O)c2cccc(N3CCC(C)(CC(=O)O)CC3)n2)ccc1C(F)(F)F. The van der Waals surface area contributed by atoms with Crippen LogP contribution >= 0.6 is 0 Å². The van der Waals surface area contributed by atoms with Gasteiger partial charge in [0.25, 0.3) is 10.0 Å². The van der Waals surface area contributed by atoms with Gasteiger partial charge in [-0.1, -0.05) is 37.3 Å². The number of sulfonamides is 1. The predicted molar refractivity (Wildman–Crippen MR) is 136 cm³/mol. The van der Waals surface area contributed by atoms with Crippen molar-refractivity contribution in [3.8, 4) is 11.3 Å². The maximum atomic E-state index is 13.7. The van der Waals surface area contributed by atoms with Crippen LogP contribution in [-0.2, 0) is 21.0 Å². The number of aliphatic carboxylic acids is 1. The molecule has 1 aromatic carbocycles. The number of anilines is 2. The molecule has 2 N–H and O–H groups in total. The number of nitrogens with one attached hydrogen (secondary N) is 1. The fourth-order valence-electron chi connectivity index (χ4n) is 4.53. The van der Waals surface area contributed by atoms with Crippen LogP contribution in [0.3, 0.4) is 0 Å². The number of carboxylic acids is 1. The number of carbonyl (C=O) groups is 1. The highest BCUT2D eigenvalue weighted by molar-refractivity contribution is 7.92. The number of halogens is 3. The molecule has 3 heterocycles. The zero-order valence-corrected chi connectivity index (χ0v) is 21.6. The highest BCUT2D eigenvalue weighted by atomic mass is 32.2. The first kappa shape index (κ1) is 27.4. The third kappa shape index (κ3) is 6.07. The summed E-state index contributed by atoms with van der Waals surface area (Å²) in [6.45, 7) is 4.58. The molecule has 2 aromatic heterocycles. The summed E-state index contributed by atoms with van der Waals surface area (Å²) in [6, 6.07) is 12.7. The molecule has 1 saturated heterocycles. The monoisotopic (exact) mass is 548 g/mol. The summed E-state index contributed by atoms with van der Waals surface area (Å²) in [4.78, 5) is 21.4. The maximum Gasteiger partial charge on any atom is 0.418 e. The molecule has 38 heavy (non-hydrogen) atoms. The molecule has 0 bridgehead atoms. The normalized spacial score (nSPS) is 15.8. The number of piperidine rings is 1. The summed E-state index contributed by atoms with van der Waals surface area (Å²) in [5, 5.41) is 8.84. The van der Waals surface area contributed by atoms with Gasteiger partial charge in [0.1, 0.15) is 11.6 Å². The van der Waals surface area contributed by atoms with Crippen molar-refractivity contribution < 1.29 is 31.5 Å². The summed E-state index contributed by atoms with van der Waals surface area (Å²) < 4.78 is 69.7. The lowest BCUT2D eigenvalue weighted by atomic mass is 9.77. The minimum atomic E-state index is -4.69. The van der Waals surface area contributed by atoms with E-state index in [0.29, 0.717) is 37.3 Å². The van der Waals surface area contributed by atoms with Crippen LogP contribution in [0.4, 0.5) is 24.8 Å². The van der Waals surface area contributed by atoms with E-state index in [-0.39, 0.29) is 33.9 Å². The van der Waals surface area contributed by atoms with E-state index in [1.807, 2.05) is 11.8 Å². The minimum absolute atomic E-state index is 0.0528. The second-order valence-corrected chi connectivity index (χ2v) is 11.3. The number of aromatic nitrogens is 2. The van der Waals surface area contributed by atoms with E-state index in [1.54, 1.807) is 31.2 Å². The third-order valence-corrected chi connectivity index (χ3v) is 7.95. The van der Waals surface area contributed by atoms with Crippen LogP contribution in [-0.4, -0.2) is 42.6 Å². The van der Waals surface area contributed by atoms with Gasteiger partial charge >= 0.3 is 12.1 Å². The first-order valence-corrected chi connectivity index (χ1v) is 13.4. The largest absolute Gasteiger partial charge is 0.481 e. The number of hydrogen-bond acceptors (Lipinski definition) is 6. The molecule has 12 heteroatoms. The molecule has 0 unspecified atom stereocenters. The number of hydrogen-bond donors (Lipinski definition) is 2. The van der Waals surface area contributed by atoms with Crippen LogP contribution in [0.25, 0.3) is 11.3 Å². The quantitative estimate of drug-likeness (QED) is 0.409. The zero-order valence-electron chi connectivity index (χ0n) is 20.8. The lowest BCUT2D eigenvalue weighted by Gasteiger charge is -2.39. The smallest absolute Gasteiger partial charge is 0.418 e. The van der Waals surface area contributed by atoms with Crippen LogP contribution in [0.5, 0.6) is 0 Å². The number of pyridine rings is 2. The van der Waals surface area contributed by atoms with Crippen molar-refractivity contribution in [1.82, 2.24) is 9.97 Å². The van der Waals surface area contributed by atoms with E-state index in [4.69, 9.17) is 5.11 Å². The summed E-state index contributed by atoms with van der Waals surface area (Å²) in [5.74, 6) is -0.724. The van der Waals surface area contributed by atoms with E-state index in [2.05, 4.69) is 14.7 Å². The first-order valence-electron chi connectivity index (χ1n) is 11.9. The van der Waals surface area contributed by atoms with Gasteiger partial charge in [0, 0.05) is 18.7 Å². The van der Waals surface area contributed by atoms with Gasteiger partial charge in [0.05, 0.1) is 17.7 Å². The number of alkyl halides is 3. The van der Waals surface area contributed by atoms with Crippen molar-refractivity contribution in [2.24, 2.45) is 5.41 Å². The third-order valence-electron chi connectivity index (χ3n) is 6.70. The van der Waals surface area contributed by atoms with Crippen molar-refractivity contribution in [3.05, 3.63) is 65.7 Å². The molecule has 8 nitrogen and oxygen atoms in total. The molecule has 1 aliphatic heterocycles. The summed E-state index contributed by atoms with van der Waals surface area (Å²) in [6.07, 6.45) is -3.43. The standard InChI is InChI=1S/C26H27F3N4O4S/c1-17-6-3-4-7-18(17)24-19(26(27,28)29)10-11-20(30-24)32-38(36,37)22-9-5-8-21(31-22)33-14-12-25(2,13-15-33)16-23(34)35/h3-11H,12-16H2,1-2H3,(H,30,32)(H,34,35). The molecule has 0 spiro atoms. The second-order valence-electron chi connectivity index (χ2n) is 9.71. The summed E-state index contributed by atoms with van der Waals surface area (Å²) >= 11 is 0. The van der Waals surface area contributed by atoms with Gasteiger partial charge in [0.15, 0.2) is 5.03 Å². The van der Waals surface area contributed by atoms with E-state index < -0.39 is 27.7 Å². The van der Waals surface area contributed by atoms with Gasteiger partial charge < -0.3 is 10.0 Å². The summed E-state index contributed by atoms with van der Waals surface area (Å²) in [5.41, 5.74) is -0.914. The number of nitrogens with zero attached hydrogens (tertiary/aromatic N) is 3. The lowest BCUT2D eigenvalue weighted by molar-refractivity contribution is -0.140. The fraction of sp³-hybridized carbons (Fsp3) is 0.346. The Kier molecular flexibility index (Phi) is 7.37. The Morgan fingerprint density at radius 3 is 2.37 bits per heavy atom. The van der Waals surface area contributed by atoms with Gasteiger partial charge in [-0.15, -0.1) is 0 Å². The van der Waals surface area contributed by atoms with Crippen molar-refractivity contribution >= 4 is 27.6 Å². The van der Waals surface area contributed by atoms with Gasteiger partial charge in [-0.05, 0) is 55.0 Å².